The minimum absolute atomic E-state index is 0.547. The van der Waals surface area contributed by atoms with Gasteiger partial charge in [-0.3, -0.25) is 4.90 Å². The first-order chi connectivity index (χ1) is 7.83. The molecular formula is C12H20N2O2. The van der Waals surface area contributed by atoms with Crippen molar-refractivity contribution in [1.29, 1.82) is 0 Å². The summed E-state index contributed by atoms with van der Waals surface area (Å²) >= 11 is 0. The maximum absolute atomic E-state index is 5.55. The number of methoxy groups -OCH3 is 1. The third-order valence-corrected chi connectivity index (χ3v) is 2.95. The first kappa shape index (κ1) is 11.6. The maximum atomic E-state index is 5.55. The molecule has 1 aliphatic carbocycles. The topological polar surface area (TPSA) is 51.6 Å². The highest BCUT2D eigenvalue weighted by atomic mass is 16.5. The summed E-state index contributed by atoms with van der Waals surface area (Å²) in [5.74, 6) is 1.00. The molecule has 0 aromatic carbocycles. The third kappa shape index (κ3) is 3.07. The average Bonchev–Trinajstić information content (AvgIpc) is 3.05. The lowest BCUT2D eigenvalue weighted by Gasteiger charge is -2.19. The summed E-state index contributed by atoms with van der Waals surface area (Å²) in [7, 11) is 1.74. The zero-order valence-electron chi connectivity index (χ0n) is 9.82. The van der Waals surface area contributed by atoms with Gasteiger partial charge in [0.2, 0.25) is 0 Å². The van der Waals surface area contributed by atoms with Gasteiger partial charge in [0.25, 0.3) is 0 Å². The van der Waals surface area contributed by atoms with E-state index in [-0.39, 0.29) is 0 Å². The van der Waals surface area contributed by atoms with Gasteiger partial charge in [-0.25, -0.2) is 0 Å². The largest absolute Gasteiger partial charge is 0.468 e. The van der Waals surface area contributed by atoms with Gasteiger partial charge in [-0.1, -0.05) is 0 Å². The Morgan fingerprint density at radius 2 is 2.38 bits per heavy atom. The maximum Gasteiger partial charge on any atom is 0.118 e. The third-order valence-electron chi connectivity index (χ3n) is 2.95. The molecule has 0 bridgehead atoms. The minimum Gasteiger partial charge on any atom is -0.468 e. The average molecular weight is 224 g/mol. The highest BCUT2D eigenvalue weighted by Gasteiger charge is 2.29. The van der Waals surface area contributed by atoms with Gasteiger partial charge in [-0.2, -0.15) is 0 Å². The molecular weight excluding hydrogens is 204 g/mol. The van der Waals surface area contributed by atoms with Gasteiger partial charge < -0.3 is 14.9 Å². The highest BCUT2D eigenvalue weighted by Crippen LogP contribution is 2.28. The van der Waals surface area contributed by atoms with Crippen molar-refractivity contribution in [2.45, 2.75) is 32.0 Å². The van der Waals surface area contributed by atoms with Gasteiger partial charge in [0.05, 0.1) is 19.4 Å². The molecule has 4 nitrogen and oxygen atoms in total. The van der Waals surface area contributed by atoms with E-state index in [1.165, 1.54) is 12.8 Å². The molecule has 16 heavy (non-hydrogen) atoms. The fourth-order valence-electron chi connectivity index (χ4n) is 1.86. The summed E-state index contributed by atoms with van der Waals surface area (Å²) in [4.78, 5) is 2.42. The summed E-state index contributed by atoms with van der Waals surface area (Å²) in [6, 6.07) is 2.77. The van der Waals surface area contributed by atoms with Gasteiger partial charge in [-0.05, 0) is 18.9 Å². The number of nitrogens with zero attached hydrogens (tertiary/aromatic N) is 1. The van der Waals surface area contributed by atoms with E-state index >= 15 is 0 Å². The fraction of sp³-hybridized carbons (Fsp3) is 0.667. The highest BCUT2D eigenvalue weighted by molar-refractivity contribution is 5.12. The summed E-state index contributed by atoms with van der Waals surface area (Å²) in [5, 5.41) is 0. The van der Waals surface area contributed by atoms with Crippen LogP contribution in [0.1, 0.15) is 24.2 Å². The number of furan rings is 1. The zero-order chi connectivity index (χ0) is 11.4. The summed E-state index contributed by atoms with van der Waals surface area (Å²) < 4.78 is 10.6. The normalized spacial score (nSPS) is 15.9. The second kappa shape index (κ2) is 5.48. The van der Waals surface area contributed by atoms with E-state index in [1.807, 2.05) is 6.07 Å². The van der Waals surface area contributed by atoms with Crippen LogP contribution in [0.2, 0.25) is 0 Å². The Kier molecular flexibility index (Phi) is 3.98. The minimum atomic E-state index is 0.547. The first-order valence-electron chi connectivity index (χ1n) is 5.83. The molecule has 0 radical (unpaired) electrons. The molecule has 0 spiro atoms. The van der Waals surface area contributed by atoms with Crippen LogP contribution >= 0.6 is 0 Å². The summed E-state index contributed by atoms with van der Waals surface area (Å²) in [6.45, 7) is 3.17. The molecule has 0 unspecified atom stereocenters. The monoisotopic (exact) mass is 224 g/mol. The zero-order valence-corrected chi connectivity index (χ0v) is 9.82. The molecule has 0 aliphatic heterocycles. The second-order valence-electron chi connectivity index (χ2n) is 4.32. The molecule has 1 saturated carbocycles. The molecule has 90 valence electrons. The van der Waals surface area contributed by atoms with Gasteiger partial charge in [0.1, 0.15) is 5.76 Å². The number of rotatable bonds is 7. The predicted octanol–water partition coefficient (Wildman–Crippen LogP) is 1.35. The molecule has 0 atom stereocenters. The molecule has 2 N–H and O–H groups in total. The quantitative estimate of drug-likeness (QED) is 0.759. The lowest BCUT2D eigenvalue weighted by Crippen LogP contribution is -2.28. The van der Waals surface area contributed by atoms with Crippen molar-refractivity contribution in [3.63, 3.8) is 0 Å². The summed E-state index contributed by atoms with van der Waals surface area (Å²) in [6.07, 6.45) is 4.35. The Morgan fingerprint density at radius 1 is 1.56 bits per heavy atom. The van der Waals surface area contributed by atoms with Crippen LogP contribution in [0.3, 0.4) is 0 Å². The standard InChI is InChI=1S/C12H20N2O2/c1-15-5-4-14(11-2-3-11)8-12-6-10(7-13)9-16-12/h6,9,11H,2-5,7-8,13H2,1H3. The van der Waals surface area contributed by atoms with Crippen LogP contribution in [0.15, 0.2) is 16.7 Å². The Bertz CT molecular complexity index is 321. The van der Waals surface area contributed by atoms with E-state index in [0.29, 0.717) is 6.54 Å². The van der Waals surface area contributed by atoms with Crippen LogP contribution in [-0.2, 0) is 17.8 Å². The van der Waals surface area contributed by atoms with Crippen molar-refractivity contribution in [2.24, 2.45) is 5.73 Å². The number of nitrogens with two attached hydrogens (primary N) is 1. The van der Waals surface area contributed by atoms with Crippen molar-refractivity contribution in [3.8, 4) is 0 Å². The second-order valence-corrected chi connectivity index (χ2v) is 4.32. The van der Waals surface area contributed by atoms with Gasteiger partial charge in [0, 0.05) is 31.8 Å². The van der Waals surface area contributed by atoms with Crippen molar-refractivity contribution >= 4 is 0 Å². The molecule has 4 heteroatoms. The number of hydrogen-bond donors (Lipinski definition) is 1. The van der Waals surface area contributed by atoms with Crippen molar-refractivity contribution in [3.05, 3.63) is 23.7 Å². The van der Waals surface area contributed by atoms with Gasteiger partial charge >= 0.3 is 0 Å². The predicted molar refractivity (Wildman–Crippen MR) is 61.9 cm³/mol. The molecule has 1 aliphatic rings. The van der Waals surface area contributed by atoms with E-state index in [0.717, 1.165) is 37.1 Å². The van der Waals surface area contributed by atoms with E-state index in [9.17, 15) is 0 Å². The summed E-state index contributed by atoms with van der Waals surface area (Å²) in [5.41, 5.74) is 6.62. The SMILES string of the molecule is COCCN(Cc1cc(CN)co1)C1CC1. The molecule has 1 heterocycles. The Balaban J connectivity index is 1.88. The lowest BCUT2D eigenvalue weighted by molar-refractivity contribution is 0.134. The van der Waals surface area contributed by atoms with Crippen LogP contribution in [0.25, 0.3) is 0 Å². The molecule has 1 fully saturated rings. The smallest absolute Gasteiger partial charge is 0.118 e. The van der Waals surface area contributed by atoms with Crippen LogP contribution in [0.5, 0.6) is 0 Å². The molecule has 0 saturated heterocycles. The van der Waals surface area contributed by atoms with E-state index in [4.69, 9.17) is 14.9 Å². The number of hydrogen-bond acceptors (Lipinski definition) is 4. The van der Waals surface area contributed by atoms with Crippen molar-refractivity contribution in [2.75, 3.05) is 20.3 Å². The first-order valence-corrected chi connectivity index (χ1v) is 5.83. The Labute approximate surface area is 96.4 Å². The molecule has 2 rings (SSSR count). The van der Waals surface area contributed by atoms with Crippen LogP contribution in [0, 0.1) is 0 Å². The fourth-order valence-corrected chi connectivity index (χ4v) is 1.86. The van der Waals surface area contributed by atoms with Crippen molar-refractivity contribution in [1.82, 2.24) is 4.90 Å². The van der Waals surface area contributed by atoms with Crippen molar-refractivity contribution < 1.29 is 9.15 Å². The lowest BCUT2D eigenvalue weighted by atomic mass is 10.3. The van der Waals surface area contributed by atoms with E-state index in [2.05, 4.69) is 4.90 Å². The van der Waals surface area contributed by atoms with Crippen LogP contribution < -0.4 is 5.73 Å². The number of ether oxygens (including phenoxy) is 1. The van der Waals surface area contributed by atoms with Gasteiger partial charge in [0.15, 0.2) is 0 Å². The van der Waals surface area contributed by atoms with Gasteiger partial charge in [-0.15, -0.1) is 0 Å². The molecule has 1 aromatic heterocycles. The van der Waals surface area contributed by atoms with Crippen LogP contribution in [-0.4, -0.2) is 31.2 Å². The van der Waals surface area contributed by atoms with E-state index < -0.39 is 0 Å². The van der Waals surface area contributed by atoms with E-state index in [1.54, 1.807) is 13.4 Å². The van der Waals surface area contributed by atoms with Crippen LogP contribution in [0.4, 0.5) is 0 Å². The molecule has 1 aromatic rings. The molecule has 0 amide bonds. The Morgan fingerprint density at radius 3 is 2.94 bits per heavy atom. The Hall–Kier alpha value is -0.840.